The predicted octanol–water partition coefficient (Wildman–Crippen LogP) is 7.52. The Labute approximate surface area is 232 Å². The first-order valence-electron chi connectivity index (χ1n) is 12.8. The molecule has 2 aliphatic rings. The molecular weight excluding hydrogens is 587 g/mol. The first-order valence-corrected chi connectivity index (χ1v) is 14.2. The van der Waals surface area contributed by atoms with E-state index in [1.165, 1.54) is 6.07 Å². The number of piperidine rings is 1. The molecule has 1 spiro atoms. The lowest BCUT2D eigenvalue weighted by atomic mass is 9.72. The van der Waals surface area contributed by atoms with Gasteiger partial charge in [0.1, 0.15) is 4.90 Å². The highest BCUT2D eigenvalue weighted by molar-refractivity contribution is 7.93. The molecule has 1 fully saturated rings. The van der Waals surface area contributed by atoms with Crippen LogP contribution in [0.25, 0.3) is 0 Å². The minimum atomic E-state index is -5.42. The summed E-state index contributed by atoms with van der Waals surface area (Å²) in [6.45, 7) is 5.25. The summed E-state index contributed by atoms with van der Waals surface area (Å²) >= 11 is 0. The lowest BCUT2D eigenvalue weighted by molar-refractivity contribution is -0.147. The van der Waals surface area contributed by atoms with Gasteiger partial charge in [0.2, 0.25) is 0 Å². The van der Waals surface area contributed by atoms with Crippen molar-refractivity contribution in [3.63, 3.8) is 0 Å². The van der Waals surface area contributed by atoms with Crippen LogP contribution in [0.15, 0.2) is 41.3 Å². The van der Waals surface area contributed by atoms with Crippen molar-refractivity contribution >= 4 is 15.7 Å². The number of rotatable bonds is 4. The van der Waals surface area contributed by atoms with Gasteiger partial charge >= 0.3 is 18.5 Å². The van der Waals surface area contributed by atoms with E-state index in [2.05, 4.69) is 0 Å². The van der Waals surface area contributed by atoms with Gasteiger partial charge in [-0.25, -0.2) is 8.42 Å². The van der Waals surface area contributed by atoms with E-state index in [9.17, 15) is 47.9 Å². The first kappa shape index (κ1) is 31.5. The number of hydrogen-bond donors (Lipinski definition) is 0. The number of fused-ring (bicyclic) bond motifs is 2. The molecule has 0 amide bonds. The number of nitrogens with zero attached hydrogens (tertiary/aromatic N) is 2. The van der Waals surface area contributed by atoms with E-state index in [1.807, 2.05) is 20.8 Å². The number of benzene rings is 2. The van der Waals surface area contributed by atoms with Gasteiger partial charge in [-0.1, -0.05) is 39.0 Å². The van der Waals surface area contributed by atoms with Crippen molar-refractivity contribution in [1.29, 1.82) is 0 Å². The molecule has 2 aromatic carbocycles. The number of hydrogen-bond acceptors (Lipinski definition) is 3. The van der Waals surface area contributed by atoms with Crippen molar-refractivity contribution in [3.8, 4) is 0 Å². The third-order valence-corrected chi connectivity index (χ3v) is 9.71. The molecule has 0 N–H and O–H groups in total. The van der Waals surface area contributed by atoms with Crippen LogP contribution in [-0.4, -0.2) is 45.7 Å². The van der Waals surface area contributed by atoms with Crippen molar-refractivity contribution in [1.82, 2.24) is 4.90 Å². The lowest BCUT2D eigenvalue weighted by Gasteiger charge is -2.40. The standard InChI is InChI=1S/C27H29F9N2O2S/c1-23(2,3)17-7-8-21-20(15-17)24(9-12-37(13-10-24)14-11-25(28,29)30)16-38(21)41(39,40)22-18(26(31,32)33)5-4-6-19(22)27(34,35)36/h4-8,15H,9-14,16H2,1-3H3. The average molecular weight is 617 g/mol. The Morgan fingerprint density at radius 2 is 1.37 bits per heavy atom. The highest BCUT2D eigenvalue weighted by Gasteiger charge is 2.52. The van der Waals surface area contributed by atoms with Gasteiger partial charge < -0.3 is 4.90 Å². The van der Waals surface area contributed by atoms with Crippen LogP contribution in [0.5, 0.6) is 0 Å². The molecule has 4 rings (SSSR count). The summed E-state index contributed by atoms with van der Waals surface area (Å²) in [4.78, 5) is -0.297. The molecule has 1 saturated heterocycles. The quantitative estimate of drug-likeness (QED) is 0.334. The molecular formula is C27H29F9N2O2S. The van der Waals surface area contributed by atoms with E-state index >= 15 is 0 Å². The van der Waals surface area contributed by atoms with Crippen LogP contribution < -0.4 is 4.31 Å². The Bertz CT molecular complexity index is 1370. The summed E-state index contributed by atoms with van der Waals surface area (Å²) in [5, 5.41) is 0. The van der Waals surface area contributed by atoms with Crippen LogP contribution >= 0.6 is 0 Å². The van der Waals surface area contributed by atoms with Crippen molar-refractivity contribution in [3.05, 3.63) is 58.7 Å². The summed E-state index contributed by atoms with van der Waals surface area (Å²) < 4.78 is 150. The van der Waals surface area contributed by atoms with Crippen LogP contribution in [0.1, 0.15) is 62.3 Å². The molecule has 2 aromatic rings. The third kappa shape index (κ3) is 6.18. The molecule has 0 saturated carbocycles. The van der Waals surface area contributed by atoms with Crippen LogP contribution in [0.2, 0.25) is 0 Å². The first-order chi connectivity index (χ1) is 18.6. The SMILES string of the molecule is CC(C)(C)c1ccc2c(c1)C1(CCN(CCC(F)(F)F)CC1)CN2S(=O)(=O)c1c(C(F)(F)F)cccc1C(F)(F)F. The van der Waals surface area contributed by atoms with Gasteiger partial charge in [0.25, 0.3) is 10.0 Å². The van der Waals surface area contributed by atoms with Crippen molar-refractivity contribution < 1.29 is 47.9 Å². The minimum absolute atomic E-state index is 0.0353. The molecule has 0 aromatic heterocycles. The second-order valence-electron chi connectivity index (χ2n) is 11.7. The molecule has 0 aliphatic carbocycles. The third-order valence-electron chi connectivity index (χ3n) is 7.85. The second-order valence-corrected chi connectivity index (χ2v) is 13.5. The highest BCUT2D eigenvalue weighted by Crippen LogP contribution is 2.52. The number of likely N-dealkylation sites (tertiary alicyclic amines) is 1. The van der Waals surface area contributed by atoms with Crippen LogP contribution in [0, 0.1) is 0 Å². The fraction of sp³-hybridized carbons (Fsp3) is 0.556. The Kier molecular flexibility index (Phi) is 7.72. The zero-order valence-electron chi connectivity index (χ0n) is 22.4. The fourth-order valence-electron chi connectivity index (χ4n) is 5.59. The van der Waals surface area contributed by atoms with E-state index in [0.29, 0.717) is 28.1 Å². The lowest BCUT2D eigenvalue weighted by Crippen LogP contribution is -2.47. The zero-order valence-corrected chi connectivity index (χ0v) is 23.3. The van der Waals surface area contributed by atoms with Crippen molar-refractivity contribution in [2.24, 2.45) is 0 Å². The Morgan fingerprint density at radius 1 is 0.829 bits per heavy atom. The number of sulfonamides is 1. The fourth-order valence-corrected chi connectivity index (χ4v) is 7.57. The monoisotopic (exact) mass is 616 g/mol. The molecule has 228 valence electrons. The summed E-state index contributed by atoms with van der Waals surface area (Å²) in [5.74, 6) is 0. The number of halogens is 9. The van der Waals surface area contributed by atoms with E-state index in [4.69, 9.17) is 0 Å². The molecule has 41 heavy (non-hydrogen) atoms. The number of anilines is 1. The van der Waals surface area contributed by atoms with E-state index in [-0.39, 0.29) is 38.2 Å². The zero-order chi connectivity index (χ0) is 30.8. The maximum atomic E-state index is 13.9. The van der Waals surface area contributed by atoms with Crippen LogP contribution in [0.4, 0.5) is 45.2 Å². The topological polar surface area (TPSA) is 40.6 Å². The van der Waals surface area contributed by atoms with Gasteiger partial charge in [0.05, 0.1) is 23.2 Å². The van der Waals surface area contributed by atoms with E-state index in [1.54, 1.807) is 17.0 Å². The van der Waals surface area contributed by atoms with E-state index in [0.717, 1.165) is 5.56 Å². The predicted molar refractivity (Wildman–Crippen MR) is 134 cm³/mol. The Balaban J connectivity index is 1.84. The van der Waals surface area contributed by atoms with Gasteiger partial charge in [-0.2, -0.15) is 39.5 Å². The van der Waals surface area contributed by atoms with E-state index < -0.39 is 68.4 Å². The largest absolute Gasteiger partial charge is 0.417 e. The maximum Gasteiger partial charge on any atom is 0.417 e. The van der Waals surface area contributed by atoms with Crippen molar-refractivity contribution in [2.75, 3.05) is 30.5 Å². The summed E-state index contributed by atoms with van der Waals surface area (Å²) in [5.41, 5.74) is -4.12. The minimum Gasteiger partial charge on any atom is -0.303 e. The van der Waals surface area contributed by atoms with Gasteiger partial charge in [0.15, 0.2) is 0 Å². The van der Waals surface area contributed by atoms with Crippen LogP contribution in [0.3, 0.4) is 0 Å². The smallest absolute Gasteiger partial charge is 0.303 e. The van der Waals surface area contributed by atoms with Gasteiger partial charge in [0, 0.05) is 18.5 Å². The molecule has 0 atom stereocenters. The molecule has 0 radical (unpaired) electrons. The van der Waals surface area contributed by atoms with Crippen LogP contribution in [-0.2, 0) is 33.2 Å². The number of alkyl halides is 9. The van der Waals surface area contributed by atoms with Gasteiger partial charge in [-0.3, -0.25) is 4.31 Å². The second kappa shape index (κ2) is 10.1. The summed E-state index contributed by atoms with van der Waals surface area (Å²) in [6.07, 6.45) is -15.9. The molecule has 4 nitrogen and oxygen atoms in total. The average Bonchev–Trinajstić information content (AvgIpc) is 3.15. The molecule has 2 aliphatic heterocycles. The van der Waals surface area contributed by atoms with Gasteiger partial charge in [-0.05, 0) is 60.7 Å². The normalized spacial score (nSPS) is 18.7. The molecule has 14 heteroatoms. The molecule has 0 bridgehead atoms. The highest BCUT2D eigenvalue weighted by atomic mass is 32.2. The van der Waals surface area contributed by atoms with Crippen molar-refractivity contribution in [2.45, 2.75) is 74.3 Å². The summed E-state index contributed by atoms with van der Waals surface area (Å²) in [6, 6.07) is 5.81. The maximum absolute atomic E-state index is 13.9. The molecule has 2 heterocycles. The molecule has 0 unspecified atom stereocenters. The Morgan fingerprint density at radius 3 is 1.83 bits per heavy atom. The summed E-state index contributed by atoms with van der Waals surface area (Å²) in [7, 11) is -5.42. The Hall–Kier alpha value is -2.48. The van der Waals surface area contributed by atoms with Gasteiger partial charge in [-0.15, -0.1) is 0 Å².